The highest BCUT2D eigenvalue weighted by molar-refractivity contribution is 5.45. The molecule has 1 unspecified atom stereocenters. The van der Waals surface area contributed by atoms with Crippen LogP contribution in [0.1, 0.15) is 11.9 Å². The fraction of sp³-hybridized carbons (Fsp3) is 0.583. The highest BCUT2D eigenvalue weighted by Crippen LogP contribution is 2.18. The van der Waals surface area contributed by atoms with Crippen LogP contribution < -0.4 is 5.73 Å². The van der Waals surface area contributed by atoms with Crippen LogP contribution in [0.4, 0.5) is 0 Å². The third-order valence-corrected chi connectivity index (χ3v) is 3.37. The molecule has 2 N–H and O–H groups in total. The Morgan fingerprint density at radius 1 is 1.40 bits per heavy atom. The molecule has 8 nitrogen and oxygen atoms in total. The molecule has 0 amide bonds. The van der Waals surface area contributed by atoms with Crippen LogP contribution >= 0.6 is 0 Å². The number of rotatable bonds is 4. The van der Waals surface area contributed by atoms with E-state index >= 15 is 0 Å². The predicted octanol–water partition coefficient (Wildman–Crippen LogP) is -0.198. The summed E-state index contributed by atoms with van der Waals surface area (Å²) in [6, 6.07) is -0.265. The van der Waals surface area contributed by atoms with E-state index in [1.54, 1.807) is 12.5 Å². The molecule has 8 heteroatoms. The van der Waals surface area contributed by atoms with Crippen LogP contribution in [0.3, 0.4) is 0 Å². The lowest BCUT2D eigenvalue weighted by Gasteiger charge is -2.27. The molecule has 3 heterocycles. The third kappa shape index (κ3) is 2.72. The van der Waals surface area contributed by atoms with Crippen molar-refractivity contribution in [2.45, 2.75) is 6.04 Å². The standard InChI is InChI=1S/C12H18N6O2/c1-17-8-14-6-10(17)12-15-11(16-20-12)9(13)7-18-2-4-19-5-3-18/h6,8-9H,2-5,7,13H2,1H3. The van der Waals surface area contributed by atoms with Gasteiger partial charge < -0.3 is 19.6 Å². The summed E-state index contributed by atoms with van der Waals surface area (Å²) >= 11 is 0. The van der Waals surface area contributed by atoms with Crippen molar-refractivity contribution in [3.8, 4) is 11.6 Å². The Labute approximate surface area is 116 Å². The Morgan fingerprint density at radius 2 is 2.20 bits per heavy atom. The monoisotopic (exact) mass is 278 g/mol. The maximum absolute atomic E-state index is 6.14. The molecule has 0 aromatic carbocycles. The zero-order valence-corrected chi connectivity index (χ0v) is 11.4. The first-order valence-corrected chi connectivity index (χ1v) is 6.60. The number of aromatic nitrogens is 4. The van der Waals surface area contributed by atoms with Gasteiger partial charge in [-0.2, -0.15) is 4.98 Å². The van der Waals surface area contributed by atoms with E-state index in [9.17, 15) is 0 Å². The highest BCUT2D eigenvalue weighted by Gasteiger charge is 2.20. The van der Waals surface area contributed by atoms with Crippen LogP contribution in [0.15, 0.2) is 17.0 Å². The minimum Gasteiger partial charge on any atom is -0.379 e. The molecule has 2 aromatic rings. The van der Waals surface area contributed by atoms with Gasteiger partial charge in [0, 0.05) is 26.7 Å². The molecule has 1 aliphatic heterocycles. The van der Waals surface area contributed by atoms with Crippen molar-refractivity contribution in [2.24, 2.45) is 12.8 Å². The average molecular weight is 278 g/mol. The van der Waals surface area contributed by atoms with Gasteiger partial charge in [-0.15, -0.1) is 0 Å². The quantitative estimate of drug-likeness (QED) is 0.827. The van der Waals surface area contributed by atoms with E-state index in [1.807, 2.05) is 11.6 Å². The molecule has 1 atom stereocenters. The Bertz CT molecular complexity index is 560. The number of hydrogen-bond acceptors (Lipinski definition) is 7. The van der Waals surface area contributed by atoms with Crippen molar-refractivity contribution in [1.29, 1.82) is 0 Å². The number of nitrogens with two attached hydrogens (primary N) is 1. The molecule has 2 aromatic heterocycles. The van der Waals surface area contributed by atoms with Gasteiger partial charge in [-0.05, 0) is 0 Å². The Morgan fingerprint density at radius 3 is 2.90 bits per heavy atom. The first-order valence-electron chi connectivity index (χ1n) is 6.60. The summed E-state index contributed by atoms with van der Waals surface area (Å²) in [5.41, 5.74) is 6.92. The second-order valence-corrected chi connectivity index (χ2v) is 4.87. The van der Waals surface area contributed by atoms with Gasteiger partial charge >= 0.3 is 0 Å². The molecular weight excluding hydrogens is 260 g/mol. The molecule has 0 saturated carbocycles. The molecule has 0 aliphatic carbocycles. The molecule has 108 valence electrons. The summed E-state index contributed by atoms with van der Waals surface area (Å²) in [5, 5.41) is 3.97. The molecule has 1 fully saturated rings. The normalized spacial score (nSPS) is 18.3. The number of morpholine rings is 1. The summed E-state index contributed by atoms with van der Waals surface area (Å²) in [4.78, 5) is 10.6. The Hall–Kier alpha value is -1.77. The Kier molecular flexibility index (Phi) is 3.77. The van der Waals surface area contributed by atoms with Crippen molar-refractivity contribution in [3.63, 3.8) is 0 Å². The molecule has 1 aliphatic rings. The van der Waals surface area contributed by atoms with Gasteiger partial charge in [0.05, 0.1) is 31.8 Å². The molecule has 0 radical (unpaired) electrons. The second-order valence-electron chi connectivity index (χ2n) is 4.87. The van der Waals surface area contributed by atoms with Crippen molar-refractivity contribution >= 4 is 0 Å². The van der Waals surface area contributed by atoms with Gasteiger partial charge in [0.15, 0.2) is 5.82 Å². The maximum Gasteiger partial charge on any atom is 0.276 e. The largest absolute Gasteiger partial charge is 0.379 e. The zero-order valence-electron chi connectivity index (χ0n) is 11.4. The molecule has 0 spiro atoms. The number of imidazole rings is 1. The number of ether oxygens (including phenoxy) is 1. The van der Waals surface area contributed by atoms with Crippen LogP contribution in [0.5, 0.6) is 0 Å². The average Bonchev–Trinajstić information content (AvgIpc) is 3.08. The van der Waals surface area contributed by atoms with E-state index in [1.165, 1.54) is 0 Å². The molecule has 1 saturated heterocycles. The van der Waals surface area contributed by atoms with E-state index in [-0.39, 0.29) is 6.04 Å². The number of hydrogen-bond donors (Lipinski definition) is 1. The van der Waals surface area contributed by atoms with E-state index in [0.717, 1.165) is 32.0 Å². The van der Waals surface area contributed by atoms with Crippen LogP contribution in [0, 0.1) is 0 Å². The lowest BCUT2D eigenvalue weighted by molar-refractivity contribution is 0.0348. The maximum atomic E-state index is 6.14. The zero-order chi connectivity index (χ0) is 13.9. The summed E-state index contributed by atoms with van der Waals surface area (Å²) in [6.07, 6.45) is 3.37. The first kappa shape index (κ1) is 13.2. The number of aryl methyl sites for hydroxylation is 1. The second kappa shape index (κ2) is 5.70. The van der Waals surface area contributed by atoms with E-state index in [0.29, 0.717) is 18.3 Å². The van der Waals surface area contributed by atoms with Gasteiger partial charge in [0.25, 0.3) is 5.89 Å². The smallest absolute Gasteiger partial charge is 0.276 e. The van der Waals surface area contributed by atoms with E-state index in [4.69, 9.17) is 15.0 Å². The minimum atomic E-state index is -0.265. The van der Waals surface area contributed by atoms with Gasteiger partial charge in [-0.1, -0.05) is 5.16 Å². The highest BCUT2D eigenvalue weighted by atomic mass is 16.5. The van der Waals surface area contributed by atoms with E-state index in [2.05, 4.69) is 20.0 Å². The lowest BCUT2D eigenvalue weighted by Crippen LogP contribution is -2.40. The molecule has 20 heavy (non-hydrogen) atoms. The summed E-state index contributed by atoms with van der Waals surface area (Å²) in [6.45, 7) is 3.98. The van der Waals surface area contributed by atoms with Gasteiger partial charge in [-0.25, -0.2) is 4.98 Å². The van der Waals surface area contributed by atoms with Crippen molar-refractivity contribution in [3.05, 3.63) is 18.3 Å². The minimum absolute atomic E-state index is 0.265. The lowest BCUT2D eigenvalue weighted by atomic mass is 10.2. The summed E-state index contributed by atoms with van der Waals surface area (Å²) in [7, 11) is 1.87. The molecule has 3 rings (SSSR count). The van der Waals surface area contributed by atoms with Gasteiger partial charge in [0.2, 0.25) is 0 Å². The van der Waals surface area contributed by atoms with Crippen molar-refractivity contribution in [2.75, 3.05) is 32.8 Å². The Balaban J connectivity index is 1.68. The topological polar surface area (TPSA) is 95.2 Å². The first-order chi connectivity index (χ1) is 9.74. The SMILES string of the molecule is Cn1cncc1-c1nc(C(N)CN2CCOCC2)no1. The summed E-state index contributed by atoms with van der Waals surface area (Å²) in [5.74, 6) is 0.963. The van der Waals surface area contributed by atoms with Crippen molar-refractivity contribution in [1.82, 2.24) is 24.6 Å². The summed E-state index contributed by atoms with van der Waals surface area (Å²) < 4.78 is 12.4. The number of nitrogens with zero attached hydrogens (tertiary/aromatic N) is 5. The van der Waals surface area contributed by atoms with Crippen LogP contribution in [-0.2, 0) is 11.8 Å². The van der Waals surface area contributed by atoms with Crippen LogP contribution in [-0.4, -0.2) is 57.4 Å². The predicted molar refractivity (Wildman–Crippen MR) is 70.7 cm³/mol. The fourth-order valence-corrected chi connectivity index (χ4v) is 2.20. The van der Waals surface area contributed by atoms with Crippen LogP contribution in [0.2, 0.25) is 0 Å². The van der Waals surface area contributed by atoms with Crippen LogP contribution in [0.25, 0.3) is 11.6 Å². The van der Waals surface area contributed by atoms with Gasteiger partial charge in [0.1, 0.15) is 5.69 Å². The molecule has 0 bridgehead atoms. The van der Waals surface area contributed by atoms with Crippen molar-refractivity contribution < 1.29 is 9.26 Å². The molecular formula is C12H18N6O2. The third-order valence-electron chi connectivity index (χ3n) is 3.37. The fourth-order valence-electron chi connectivity index (χ4n) is 2.20. The van der Waals surface area contributed by atoms with Gasteiger partial charge in [-0.3, -0.25) is 4.90 Å². The van der Waals surface area contributed by atoms with E-state index < -0.39 is 0 Å².